The zero-order chi connectivity index (χ0) is 9.14. The van der Waals surface area contributed by atoms with Crippen LogP contribution in [0.25, 0.3) is 0 Å². The lowest BCUT2D eigenvalue weighted by molar-refractivity contribution is -0.0114. The van der Waals surface area contributed by atoms with Gasteiger partial charge >= 0.3 is 0 Å². The van der Waals surface area contributed by atoms with Gasteiger partial charge in [-0.2, -0.15) is 0 Å². The average molecular weight is 397 g/mol. The van der Waals surface area contributed by atoms with Crippen LogP contribution in [-0.2, 0) is 9.47 Å². The van der Waals surface area contributed by atoms with Gasteiger partial charge in [-0.3, -0.25) is 0 Å². The fourth-order valence-electron chi connectivity index (χ4n) is 1.41. The zero-order valence-corrected chi connectivity index (χ0v) is 11.5. The third-order valence-electron chi connectivity index (χ3n) is 1.98. The van der Waals surface area contributed by atoms with Crippen LogP contribution in [0.2, 0.25) is 0 Å². The molecule has 12 heavy (non-hydrogen) atoms. The molecular weight excluding hydrogens is 384 g/mol. The van der Waals surface area contributed by atoms with E-state index < -0.39 is 0 Å². The highest BCUT2D eigenvalue weighted by molar-refractivity contribution is 14.2. The molecule has 0 radical (unpaired) electrons. The topological polar surface area (TPSA) is 21.7 Å². The van der Waals surface area contributed by atoms with Crippen LogP contribution in [-0.4, -0.2) is 46.5 Å². The Hall–Kier alpha value is 1.34. The Labute approximate surface area is 100 Å². The number of ether oxygens (including phenoxy) is 2. The van der Waals surface area contributed by atoms with Crippen LogP contribution in [0, 0.1) is 0 Å². The minimum Gasteiger partial charge on any atom is -0.377 e. The molecule has 1 saturated heterocycles. The van der Waals surface area contributed by atoms with Crippen molar-refractivity contribution in [3.05, 3.63) is 0 Å². The lowest BCUT2D eigenvalue weighted by Gasteiger charge is -2.18. The molecule has 0 N–H and O–H groups in total. The van der Waals surface area contributed by atoms with Gasteiger partial charge in [-0.15, -0.1) is 0 Å². The van der Waals surface area contributed by atoms with Gasteiger partial charge in [0.15, 0.2) is 2.12 Å². The molecule has 0 bridgehead atoms. The van der Waals surface area contributed by atoms with Gasteiger partial charge in [0.25, 0.3) is 0 Å². The number of hydrogen-bond acceptors (Lipinski definition) is 3. The summed E-state index contributed by atoms with van der Waals surface area (Å²) in [6.45, 7) is 1.95. The fraction of sp³-hybridized carbons (Fsp3) is 1.00. The van der Waals surface area contributed by atoms with E-state index in [2.05, 4.69) is 57.1 Å². The normalized spacial score (nSPS) is 31.8. The summed E-state index contributed by atoms with van der Waals surface area (Å²) in [5.74, 6) is 0. The van der Waals surface area contributed by atoms with Gasteiger partial charge in [-0.1, -0.05) is 0 Å². The highest BCUT2D eigenvalue weighted by Gasteiger charge is 2.32. The van der Waals surface area contributed by atoms with Crippen molar-refractivity contribution >= 4 is 45.2 Å². The summed E-state index contributed by atoms with van der Waals surface area (Å²) >= 11 is 4.51. The van der Waals surface area contributed by atoms with Crippen molar-refractivity contribution in [1.29, 1.82) is 0 Å². The Balaban J connectivity index is 2.40. The molecule has 0 spiro atoms. The molecule has 1 aliphatic rings. The van der Waals surface area contributed by atoms with Crippen molar-refractivity contribution in [1.82, 2.24) is 4.90 Å². The van der Waals surface area contributed by atoms with Crippen LogP contribution in [0.1, 0.15) is 0 Å². The van der Waals surface area contributed by atoms with E-state index in [1.165, 1.54) is 0 Å². The van der Waals surface area contributed by atoms with E-state index in [-0.39, 0.29) is 14.3 Å². The molecule has 0 unspecified atom stereocenters. The highest BCUT2D eigenvalue weighted by Crippen LogP contribution is 2.21. The molecule has 1 fully saturated rings. The van der Waals surface area contributed by atoms with Crippen molar-refractivity contribution in [3.63, 3.8) is 0 Å². The molecule has 2 atom stereocenters. The molecule has 0 aromatic heterocycles. The molecule has 0 aliphatic carbocycles. The zero-order valence-electron chi connectivity index (χ0n) is 7.17. The van der Waals surface area contributed by atoms with Crippen LogP contribution >= 0.6 is 45.2 Å². The first-order valence-corrected chi connectivity index (χ1v) is 6.27. The summed E-state index contributed by atoms with van der Waals surface area (Å²) in [6, 6.07) is 0. The van der Waals surface area contributed by atoms with Crippen LogP contribution in [0.3, 0.4) is 0 Å². The van der Waals surface area contributed by atoms with E-state index in [0.717, 1.165) is 13.1 Å². The Bertz CT molecular complexity index is 145. The first-order valence-electron chi connectivity index (χ1n) is 3.78. The third kappa shape index (κ3) is 3.24. The van der Waals surface area contributed by atoms with Crippen molar-refractivity contribution in [2.45, 2.75) is 14.3 Å². The van der Waals surface area contributed by atoms with Crippen LogP contribution in [0.5, 0.6) is 0 Å². The summed E-state index contributed by atoms with van der Waals surface area (Å²) in [5.41, 5.74) is 0. The average Bonchev–Trinajstić information content (AvgIpc) is 2.29. The summed E-state index contributed by atoms with van der Waals surface area (Å²) in [6.07, 6.45) is 0.473. The molecule has 5 heteroatoms. The number of alkyl halides is 2. The van der Waals surface area contributed by atoms with E-state index in [1.807, 2.05) is 0 Å². The van der Waals surface area contributed by atoms with Crippen molar-refractivity contribution in [2.75, 3.05) is 27.2 Å². The van der Waals surface area contributed by atoms with Gasteiger partial charge in [0.1, 0.15) is 0 Å². The molecule has 72 valence electrons. The fourth-order valence-corrected chi connectivity index (χ4v) is 2.17. The predicted octanol–water partition coefficient (Wildman–Crippen LogP) is 1.49. The number of methoxy groups -OCH3 is 1. The second-order valence-electron chi connectivity index (χ2n) is 2.93. The second kappa shape index (κ2) is 5.28. The molecule has 1 rings (SSSR count). The minimum absolute atomic E-state index is 0.231. The maximum atomic E-state index is 5.69. The maximum absolute atomic E-state index is 5.69. The first kappa shape index (κ1) is 11.4. The number of rotatable bonds is 3. The number of likely N-dealkylation sites (N-methyl/N-ethyl adjacent to an activating group) is 1. The summed E-state index contributed by atoms with van der Waals surface area (Å²) < 4.78 is 11.2. The Kier molecular flexibility index (Phi) is 5.02. The standard InChI is InChI=1S/C7H13I2NO2/c1-10-3-5(11-2)6(4-10)12-7(8)9/h5-7H,3-4H2,1-2H3/t5-,6-/m1/s1. The van der Waals surface area contributed by atoms with Gasteiger partial charge < -0.3 is 14.4 Å². The van der Waals surface area contributed by atoms with Crippen LogP contribution in [0.4, 0.5) is 0 Å². The largest absolute Gasteiger partial charge is 0.377 e. The molecular formula is C7H13I2NO2. The SMILES string of the molecule is CO[C@@H]1CN(C)C[C@H]1OC(I)I. The summed E-state index contributed by atoms with van der Waals surface area (Å²) in [7, 11) is 3.83. The molecule has 0 aromatic rings. The number of hydrogen-bond donors (Lipinski definition) is 0. The lowest BCUT2D eigenvalue weighted by atomic mass is 10.3. The highest BCUT2D eigenvalue weighted by atomic mass is 127. The van der Waals surface area contributed by atoms with E-state index in [1.54, 1.807) is 7.11 Å². The third-order valence-corrected chi connectivity index (χ3v) is 2.57. The first-order chi connectivity index (χ1) is 5.63. The van der Waals surface area contributed by atoms with Crippen LogP contribution in [0.15, 0.2) is 0 Å². The van der Waals surface area contributed by atoms with Gasteiger partial charge in [0, 0.05) is 20.2 Å². The van der Waals surface area contributed by atoms with E-state index in [0.29, 0.717) is 0 Å². The Morgan fingerprint density at radius 3 is 2.42 bits per heavy atom. The number of likely N-dealkylation sites (tertiary alicyclic amines) is 1. The lowest BCUT2D eigenvalue weighted by Crippen LogP contribution is -2.29. The van der Waals surface area contributed by atoms with Gasteiger partial charge in [0.05, 0.1) is 12.2 Å². The summed E-state index contributed by atoms with van der Waals surface area (Å²) in [5, 5.41) is 0. The van der Waals surface area contributed by atoms with Crippen molar-refractivity contribution < 1.29 is 9.47 Å². The van der Waals surface area contributed by atoms with Gasteiger partial charge in [0.2, 0.25) is 0 Å². The van der Waals surface area contributed by atoms with E-state index in [9.17, 15) is 0 Å². The number of nitrogens with zero attached hydrogens (tertiary/aromatic N) is 1. The van der Waals surface area contributed by atoms with E-state index >= 15 is 0 Å². The molecule has 1 heterocycles. The van der Waals surface area contributed by atoms with Gasteiger partial charge in [-0.25, -0.2) is 0 Å². The molecule has 0 aromatic carbocycles. The smallest absolute Gasteiger partial charge is 0.159 e. The number of halogens is 2. The second-order valence-corrected chi connectivity index (χ2v) is 7.58. The van der Waals surface area contributed by atoms with E-state index in [4.69, 9.17) is 9.47 Å². The minimum atomic E-state index is 0.231. The van der Waals surface area contributed by atoms with Crippen molar-refractivity contribution in [2.24, 2.45) is 0 Å². The maximum Gasteiger partial charge on any atom is 0.159 e. The molecule has 1 aliphatic heterocycles. The quantitative estimate of drug-likeness (QED) is 0.533. The molecule has 0 amide bonds. The molecule has 0 saturated carbocycles. The van der Waals surface area contributed by atoms with Crippen molar-refractivity contribution in [3.8, 4) is 0 Å². The van der Waals surface area contributed by atoms with Gasteiger partial charge in [-0.05, 0) is 52.2 Å². The summed E-state index contributed by atoms with van der Waals surface area (Å²) in [4.78, 5) is 2.23. The Morgan fingerprint density at radius 2 is 1.92 bits per heavy atom. The Morgan fingerprint density at radius 1 is 1.33 bits per heavy atom. The molecule has 3 nitrogen and oxygen atoms in total. The predicted molar refractivity (Wildman–Crippen MR) is 65.0 cm³/mol. The monoisotopic (exact) mass is 397 g/mol. The van der Waals surface area contributed by atoms with Crippen LogP contribution < -0.4 is 0 Å².